The number of unbranched alkanes of at least 4 members (excludes halogenated alkanes) is 1. The van der Waals surface area contributed by atoms with Gasteiger partial charge < -0.3 is 0 Å². The van der Waals surface area contributed by atoms with E-state index in [4.69, 9.17) is 39.9 Å². The van der Waals surface area contributed by atoms with Crippen LogP contribution < -0.4 is 0 Å². The molecule has 0 N–H and O–H groups in total. The molecule has 0 fully saturated rings. The highest BCUT2D eigenvalue weighted by Crippen LogP contribution is 2.42. The third kappa shape index (κ3) is 3.47. The summed E-state index contributed by atoms with van der Waals surface area (Å²) in [6.45, 7) is 6.48. The van der Waals surface area contributed by atoms with Crippen molar-refractivity contribution < 1.29 is 4.70 Å². The van der Waals surface area contributed by atoms with Crippen molar-refractivity contribution >= 4 is 40.5 Å². The van der Waals surface area contributed by atoms with Crippen LogP contribution in [0.5, 0.6) is 0 Å². The zero-order valence-corrected chi connectivity index (χ0v) is 14.4. The number of benzene rings is 1. The minimum atomic E-state index is -0.0787. The van der Waals surface area contributed by atoms with Gasteiger partial charge in [0.05, 0.1) is 0 Å². The van der Waals surface area contributed by atoms with Gasteiger partial charge in [0.2, 0.25) is 0 Å². The van der Waals surface area contributed by atoms with E-state index in [9.17, 15) is 0 Å². The van der Waals surface area contributed by atoms with E-state index >= 15 is 0 Å². The van der Waals surface area contributed by atoms with Crippen molar-refractivity contribution in [1.29, 1.82) is 0 Å². The Labute approximate surface area is 135 Å². The largest absolute Gasteiger partial charge is 0.268 e. The summed E-state index contributed by atoms with van der Waals surface area (Å²) in [7, 11) is 0. The van der Waals surface area contributed by atoms with Gasteiger partial charge in [-0.3, -0.25) is 0 Å². The normalized spacial score (nSPS) is 21.1. The highest BCUT2D eigenvalue weighted by molar-refractivity contribution is 6.40. The van der Waals surface area contributed by atoms with Crippen LogP contribution in [0.15, 0.2) is 17.2 Å². The molecule has 0 aliphatic carbocycles. The lowest BCUT2D eigenvalue weighted by atomic mass is 9.95. The Morgan fingerprint density at radius 1 is 1.25 bits per heavy atom. The molecule has 2 rings (SSSR count). The van der Waals surface area contributed by atoms with Crippen LogP contribution >= 0.6 is 34.8 Å². The molecule has 0 spiro atoms. The molecule has 0 aromatic heterocycles. The van der Waals surface area contributed by atoms with Gasteiger partial charge >= 0.3 is 0 Å². The second-order valence-electron chi connectivity index (χ2n) is 5.98. The van der Waals surface area contributed by atoms with Crippen LogP contribution in [0.1, 0.15) is 46.5 Å². The fourth-order valence-corrected chi connectivity index (χ4v) is 3.72. The summed E-state index contributed by atoms with van der Waals surface area (Å²) in [6.07, 6.45) is 4.46. The van der Waals surface area contributed by atoms with Crippen molar-refractivity contribution in [3.05, 3.63) is 27.2 Å². The Morgan fingerprint density at radius 2 is 1.85 bits per heavy atom. The molecule has 110 valence electrons. The summed E-state index contributed by atoms with van der Waals surface area (Å²) in [5.74, 6) is 0. The maximum absolute atomic E-state index is 6.34. The van der Waals surface area contributed by atoms with E-state index in [0.29, 0.717) is 21.1 Å². The van der Waals surface area contributed by atoms with Crippen LogP contribution in [-0.2, 0) is 0 Å². The highest BCUT2D eigenvalue weighted by atomic mass is 35.5. The van der Waals surface area contributed by atoms with Crippen LogP contribution in [0.4, 0.5) is 5.69 Å². The van der Waals surface area contributed by atoms with Gasteiger partial charge in [-0.05, 0) is 37.5 Å². The van der Waals surface area contributed by atoms with E-state index in [0.717, 1.165) is 18.5 Å². The van der Waals surface area contributed by atoms with E-state index in [1.165, 1.54) is 12.8 Å². The second-order valence-corrected chi connectivity index (χ2v) is 7.23. The van der Waals surface area contributed by atoms with E-state index < -0.39 is 0 Å². The SMILES string of the molecule is CCCC[C@H]1CC(C)(C)N=[N+]1c1c(Cl)cc(Cl)cc1Cl. The molecule has 1 aromatic carbocycles. The molecule has 1 heterocycles. The predicted molar refractivity (Wildman–Crippen MR) is 85.8 cm³/mol. The van der Waals surface area contributed by atoms with Gasteiger partial charge in [0.25, 0.3) is 5.69 Å². The van der Waals surface area contributed by atoms with Gasteiger partial charge in [0, 0.05) is 17.9 Å². The molecule has 0 radical (unpaired) electrons. The molecular weight excluding hydrogens is 315 g/mol. The molecule has 0 bridgehead atoms. The fourth-order valence-electron chi connectivity index (χ4n) is 2.73. The first-order valence-corrected chi connectivity index (χ1v) is 8.14. The van der Waals surface area contributed by atoms with Gasteiger partial charge in [0.1, 0.15) is 15.6 Å². The third-order valence-electron chi connectivity index (χ3n) is 3.56. The number of nitrogens with zero attached hydrogens (tertiary/aromatic N) is 2. The maximum atomic E-state index is 6.34. The molecule has 2 nitrogen and oxygen atoms in total. The smallest absolute Gasteiger partial charge is 0.0842 e. The average molecular weight is 335 g/mol. The van der Waals surface area contributed by atoms with Gasteiger partial charge in [-0.1, -0.05) is 52.8 Å². The van der Waals surface area contributed by atoms with E-state index in [2.05, 4.69) is 20.8 Å². The van der Waals surface area contributed by atoms with Crippen LogP contribution in [0.25, 0.3) is 0 Å². The summed E-state index contributed by atoms with van der Waals surface area (Å²) in [6, 6.07) is 3.80. The molecule has 0 saturated heterocycles. The lowest BCUT2D eigenvalue weighted by Gasteiger charge is -2.10. The topological polar surface area (TPSA) is 15.4 Å². The molecule has 0 saturated carbocycles. The van der Waals surface area contributed by atoms with E-state index in [-0.39, 0.29) is 5.54 Å². The molecule has 1 aromatic rings. The van der Waals surface area contributed by atoms with Crippen molar-refractivity contribution in [3.63, 3.8) is 0 Å². The van der Waals surface area contributed by atoms with Crippen LogP contribution in [0.2, 0.25) is 15.1 Å². The Morgan fingerprint density at radius 3 is 2.40 bits per heavy atom. The number of hydrogen-bond acceptors (Lipinski definition) is 1. The maximum Gasteiger partial charge on any atom is 0.268 e. The van der Waals surface area contributed by atoms with Crippen molar-refractivity contribution in [2.45, 2.75) is 58.0 Å². The Hall–Kier alpha value is -0.310. The van der Waals surface area contributed by atoms with Crippen molar-refractivity contribution in [3.8, 4) is 0 Å². The van der Waals surface area contributed by atoms with E-state index in [1.54, 1.807) is 12.1 Å². The zero-order valence-electron chi connectivity index (χ0n) is 12.1. The first-order valence-electron chi connectivity index (χ1n) is 7.00. The molecule has 20 heavy (non-hydrogen) atoms. The Kier molecular flexibility index (Phi) is 4.99. The third-order valence-corrected chi connectivity index (χ3v) is 4.36. The van der Waals surface area contributed by atoms with Gasteiger partial charge in [-0.15, -0.1) is 0 Å². The van der Waals surface area contributed by atoms with Crippen molar-refractivity contribution in [1.82, 2.24) is 0 Å². The average Bonchev–Trinajstić information content (AvgIpc) is 2.60. The molecule has 1 aliphatic heterocycles. The summed E-state index contributed by atoms with van der Waals surface area (Å²) >= 11 is 18.7. The molecule has 0 unspecified atom stereocenters. The fraction of sp³-hybridized carbons (Fsp3) is 0.600. The van der Waals surface area contributed by atoms with Gasteiger partial charge in [-0.2, -0.15) is 0 Å². The predicted octanol–water partition coefficient (Wildman–Crippen LogP) is 6.48. The van der Waals surface area contributed by atoms with E-state index in [1.807, 2.05) is 4.70 Å². The van der Waals surface area contributed by atoms with Gasteiger partial charge in [0.15, 0.2) is 6.04 Å². The minimum Gasteiger partial charge on any atom is -0.0842 e. The lowest BCUT2D eigenvalue weighted by molar-refractivity contribution is -0.539. The summed E-state index contributed by atoms with van der Waals surface area (Å²) in [5, 5.41) is 6.47. The monoisotopic (exact) mass is 333 g/mol. The number of azo groups is 2. The highest BCUT2D eigenvalue weighted by Gasteiger charge is 2.43. The number of rotatable bonds is 4. The Bertz CT molecular complexity index is 515. The second kappa shape index (κ2) is 6.21. The first-order chi connectivity index (χ1) is 9.34. The molecule has 1 atom stereocenters. The van der Waals surface area contributed by atoms with Gasteiger partial charge in [-0.25, -0.2) is 0 Å². The number of halogens is 3. The summed E-state index contributed by atoms with van der Waals surface area (Å²) in [4.78, 5) is 0. The quantitative estimate of drug-likeness (QED) is 0.560. The van der Waals surface area contributed by atoms with Crippen molar-refractivity contribution in [2.24, 2.45) is 5.11 Å². The first kappa shape index (κ1) is 16.1. The van der Waals surface area contributed by atoms with Crippen molar-refractivity contribution in [2.75, 3.05) is 0 Å². The summed E-state index contributed by atoms with van der Waals surface area (Å²) < 4.78 is 2.01. The molecular formula is C15H20Cl3N2+. The standard InChI is InChI=1S/C15H20Cl3N2/c1-4-5-6-11-9-15(2,3)19-20(11)14-12(17)7-10(16)8-13(14)18/h7-8,11H,4-6,9H2,1-3H3/q+1/t11-/m0/s1. The lowest BCUT2D eigenvalue weighted by Crippen LogP contribution is -2.20. The van der Waals surface area contributed by atoms with Crippen LogP contribution in [0.3, 0.4) is 0 Å². The Balaban J connectivity index is 2.43. The number of hydrogen-bond donors (Lipinski definition) is 0. The van der Waals surface area contributed by atoms with Crippen LogP contribution in [0, 0.1) is 0 Å². The molecule has 5 heteroatoms. The summed E-state index contributed by atoms with van der Waals surface area (Å²) in [5.41, 5.74) is 0.703. The zero-order chi connectivity index (χ0) is 14.9. The molecule has 1 aliphatic rings. The molecule has 0 amide bonds. The minimum absolute atomic E-state index is 0.0787. The van der Waals surface area contributed by atoms with Crippen LogP contribution in [-0.4, -0.2) is 16.3 Å².